The minimum Gasteiger partial charge on any atom is -0.494 e. The van der Waals surface area contributed by atoms with Crippen molar-refractivity contribution in [2.24, 2.45) is 0 Å². The molecule has 0 fully saturated rings. The summed E-state index contributed by atoms with van der Waals surface area (Å²) in [5.74, 6) is 0.443. The first-order valence-corrected chi connectivity index (χ1v) is 17.1. The van der Waals surface area contributed by atoms with Crippen LogP contribution in [0.15, 0.2) is 18.2 Å². The number of hydrogen-bond acceptors (Lipinski definition) is 13. The minimum atomic E-state index is -1.70. The summed E-state index contributed by atoms with van der Waals surface area (Å²) in [5.41, 5.74) is 0.985. The highest BCUT2D eigenvalue weighted by molar-refractivity contribution is 5.34. The molecule has 0 unspecified atom stereocenters. The Morgan fingerprint density at radius 3 is 1.21 bits per heavy atom. The average Bonchev–Trinajstić information content (AvgIpc) is 3.08. The smallest absolute Gasteiger partial charge is 0.120 e. The molecular weight excluding hydrogens is 616 g/mol. The van der Waals surface area contributed by atoms with Crippen molar-refractivity contribution < 1.29 is 65.3 Å². The van der Waals surface area contributed by atoms with Gasteiger partial charge in [-0.15, -0.1) is 0 Å². The van der Waals surface area contributed by atoms with E-state index in [1.54, 1.807) is 18.2 Å². The molecule has 276 valence electrons. The first-order chi connectivity index (χ1) is 22.6. The Morgan fingerprint density at radius 1 is 0.489 bits per heavy atom. The molecule has 1 aromatic carbocycles. The third-order valence-corrected chi connectivity index (χ3v) is 8.15. The van der Waals surface area contributed by atoms with E-state index < -0.39 is 75.3 Å². The van der Waals surface area contributed by atoms with Crippen LogP contribution in [-0.2, 0) is 22.7 Å². The lowest BCUT2D eigenvalue weighted by Gasteiger charge is -2.29. The van der Waals surface area contributed by atoms with Crippen molar-refractivity contribution in [3.05, 3.63) is 29.3 Å². The maximum Gasteiger partial charge on any atom is 0.120 e. The molecule has 1 rings (SSSR count). The minimum absolute atomic E-state index is 0.214. The number of benzene rings is 1. The highest BCUT2D eigenvalue weighted by Gasteiger charge is 2.34. The molecule has 0 bridgehead atoms. The molecule has 0 radical (unpaired) electrons. The van der Waals surface area contributed by atoms with E-state index in [9.17, 15) is 51.1 Å². The van der Waals surface area contributed by atoms with Crippen molar-refractivity contribution in [3.63, 3.8) is 0 Å². The second-order valence-electron chi connectivity index (χ2n) is 12.3. The van der Waals surface area contributed by atoms with Crippen molar-refractivity contribution in [3.8, 4) is 5.75 Å². The Hall–Kier alpha value is -1.46. The molecule has 0 heterocycles. The van der Waals surface area contributed by atoms with Crippen molar-refractivity contribution in [2.45, 2.75) is 146 Å². The van der Waals surface area contributed by atoms with Crippen LogP contribution < -0.4 is 4.74 Å². The van der Waals surface area contributed by atoms with Gasteiger partial charge in [-0.3, -0.25) is 0 Å². The van der Waals surface area contributed by atoms with Crippen molar-refractivity contribution in [1.82, 2.24) is 0 Å². The molecule has 0 aliphatic carbocycles. The summed E-state index contributed by atoms with van der Waals surface area (Å²) in [6.45, 7) is -0.885. The number of rotatable bonds is 30. The highest BCUT2D eigenvalue weighted by atomic mass is 16.5. The van der Waals surface area contributed by atoms with Gasteiger partial charge in [0, 0.05) is 0 Å². The Bertz CT molecular complexity index is 839. The number of unbranched alkanes of at least 4 members (excludes halogenated alkanes) is 11. The van der Waals surface area contributed by atoms with Crippen LogP contribution >= 0.6 is 0 Å². The van der Waals surface area contributed by atoms with Gasteiger partial charge in [0.25, 0.3) is 0 Å². The van der Waals surface area contributed by atoms with Crippen LogP contribution in [-0.4, -0.2) is 133 Å². The fourth-order valence-corrected chi connectivity index (χ4v) is 5.23. The maximum absolute atomic E-state index is 10.3. The van der Waals surface area contributed by atoms with Gasteiger partial charge in [0.15, 0.2) is 0 Å². The molecule has 0 aromatic heterocycles. The standard InChI is InChI=1S/C34H62O13/c1-2-3-4-5-6-7-8-9-10-11-12-13-14-45-26-16-24(22-46-33(29(41)20-37)31(43)27(39)18-35)15-25(17-26)23-47-34(30(42)21-38)32(44)28(40)19-36/h15-17,27-44H,2-14,18-23H2,1H3/t27-,28-,29-,30-,31-,32-,33-,34-/m1/s1. The molecule has 0 saturated carbocycles. The number of aliphatic hydroxyl groups is 10. The first-order valence-electron chi connectivity index (χ1n) is 17.1. The summed E-state index contributed by atoms with van der Waals surface area (Å²) in [7, 11) is 0. The van der Waals surface area contributed by atoms with E-state index in [2.05, 4.69) is 6.92 Å². The molecule has 8 atom stereocenters. The fraction of sp³-hybridized carbons (Fsp3) is 0.824. The summed E-state index contributed by atoms with van der Waals surface area (Å²) in [6.07, 6.45) is 1.84. The van der Waals surface area contributed by atoms with Crippen LogP contribution in [0.4, 0.5) is 0 Å². The Kier molecular flexibility index (Phi) is 24.5. The van der Waals surface area contributed by atoms with E-state index in [0.717, 1.165) is 19.3 Å². The van der Waals surface area contributed by atoms with Gasteiger partial charge in [-0.05, 0) is 29.7 Å². The summed E-state index contributed by atoms with van der Waals surface area (Å²) in [5, 5.41) is 98.0. The van der Waals surface area contributed by atoms with Gasteiger partial charge in [-0.25, -0.2) is 0 Å². The van der Waals surface area contributed by atoms with E-state index in [1.165, 1.54) is 57.8 Å². The topological polar surface area (TPSA) is 230 Å². The van der Waals surface area contributed by atoms with Gasteiger partial charge in [-0.1, -0.05) is 83.6 Å². The van der Waals surface area contributed by atoms with E-state index in [1.807, 2.05) is 0 Å². The number of hydrogen-bond donors (Lipinski definition) is 10. The third-order valence-electron chi connectivity index (χ3n) is 8.15. The highest BCUT2D eigenvalue weighted by Crippen LogP contribution is 2.23. The van der Waals surface area contributed by atoms with E-state index in [-0.39, 0.29) is 13.2 Å². The second kappa shape index (κ2) is 26.4. The number of ether oxygens (including phenoxy) is 3. The van der Waals surface area contributed by atoms with Gasteiger partial charge in [-0.2, -0.15) is 0 Å². The lowest BCUT2D eigenvalue weighted by atomic mass is 10.0. The van der Waals surface area contributed by atoms with Crippen LogP contribution in [0.3, 0.4) is 0 Å². The second-order valence-corrected chi connectivity index (χ2v) is 12.3. The Morgan fingerprint density at radius 2 is 0.851 bits per heavy atom. The lowest BCUT2D eigenvalue weighted by molar-refractivity contribution is -0.154. The van der Waals surface area contributed by atoms with Crippen LogP contribution in [0.25, 0.3) is 0 Å². The molecule has 1 aromatic rings. The quantitative estimate of drug-likeness (QED) is 0.0505. The molecule has 0 spiro atoms. The van der Waals surface area contributed by atoms with Crippen molar-refractivity contribution >= 4 is 0 Å². The molecule has 13 nitrogen and oxygen atoms in total. The fourth-order valence-electron chi connectivity index (χ4n) is 5.23. The van der Waals surface area contributed by atoms with Gasteiger partial charge in [0.1, 0.15) is 54.6 Å². The van der Waals surface area contributed by atoms with E-state index in [4.69, 9.17) is 14.2 Å². The Balaban J connectivity index is 2.88. The average molecular weight is 679 g/mol. The zero-order valence-electron chi connectivity index (χ0n) is 28.0. The van der Waals surface area contributed by atoms with Crippen molar-refractivity contribution in [1.29, 1.82) is 0 Å². The lowest BCUT2D eigenvalue weighted by Crippen LogP contribution is -2.48. The molecule has 10 N–H and O–H groups in total. The van der Waals surface area contributed by atoms with Crippen LogP contribution in [0.5, 0.6) is 5.75 Å². The maximum atomic E-state index is 10.3. The predicted octanol–water partition coefficient (Wildman–Crippen LogP) is 0.672. The SMILES string of the molecule is CCCCCCCCCCCCCCOc1cc(CO[C@@H]([C@H](O)[C@H](O)CO)[C@H](O)CO)cc(CO[C@@H]([C@H](O)[C@H](O)CO)[C@H](O)CO)c1. The summed E-state index contributed by atoms with van der Waals surface area (Å²) in [6, 6.07) is 4.97. The zero-order valence-corrected chi connectivity index (χ0v) is 28.0. The van der Waals surface area contributed by atoms with Gasteiger partial charge >= 0.3 is 0 Å². The Labute approximate surface area is 279 Å². The van der Waals surface area contributed by atoms with Gasteiger partial charge in [0.2, 0.25) is 0 Å². The normalized spacial score (nSPS) is 17.1. The largest absolute Gasteiger partial charge is 0.494 e. The third kappa shape index (κ3) is 17.7. The van der Waals surface area contributed by atoms with Gasteiger partial charge < -0.3 is 65.3 Å². The summed E-state index contributed by atoms with van der Waals surface area (Å²) < 4.78 is 17.3. The van der Waals surface area contributed by atoms with Crippen molar-refractivity contribution in [2.75, 3.05) is 33.0 Å². The number of aliphatic hydroxyl groups excluding tert-OH is 10. The molecular formula is C34H62O13. The molecule has 0 saturated heterocycles. The summed E-state index contributed by atoms with van der Waals surface area (Å²) >= 11 is 0. The summed E-state index contributed by atoms with van der Waals surface area (Å²) in [4.78, 5) is 0. The van der Waals surface area contributed by atoms with E-state index in [0.29, 0.717) is 23.5 Å². The first kappa shape index (κ1) is 43.6. The van der Waals surface area contributed by atoms with Gasteiger partial charge in [0.05, 0.1) is 46.2 Å². The monoisotopic (exact) mass is 678 g/mol. The molecule has 47 heavy (non-hydrogen) atoms. The predicted molar refractivity (Wildman–Crippen MR) is 175 cm³/mol. The molecule has 0 aliphatic rings. The van der Waals surface area contributed by atoms with Crippen LogP contribution in [0.2, 0.25) is 0 Å². The zero-order chi connectivity index (χ0) is 35.0. The molecule has 13 heteroatoms. The molecule has 0 aliphatic heterocycles. The van der Waals surface area contributed by atoms with Crippen LogP contribution in [0.1, 0.15) is 95.1 Å². The molecule has 0 amide bonds. The van der Waals surface area contributed by atoms with Crippen LogP contribution in [0, 0.1) is 0 Å². The van der Waals surface area contributed by atoms with E-state index >= 15 is 0 Å².